The van der Waals surface area contributed by atoms with Gasteiger partial charge >= 0.3 is 0 Å². The minimum Gasteiger partial charge on any atom is -0.399 e. The summed E-state index contributed by atoms with van der Waals surface area (Å²) in [6.07, 6.45) is 5.52. The van der Waals surface area contributed by atoms with Gasteiger partial charge in [0.1, 0.15) is 0 Å². The number of thiazole rings is 1. The van der Waals surface area contributed by atoms with Crippen LogP contribution in [0.15, 0.2) is 30.5 Å². The maximum atomic E-state index is 5.80. The minimum absolute atomic E-state index is 0.830. The molecule has 0 amide bonds. The fraction of sp³-hybridized carbons (Fsp3) is 0.357. The molecule has 2 aromatic rings. The van der Waals surface area contributed by atoms with E-state index < -0.39 is 0 Å². The molecule has 0 radical (unpaired) electrons. The lowest BCUT2D eigenvalue weighted by Gasteiger charge is -2.12. The highest BCUT2D eigenvalue weighted by molar-refractivity contribution is 7.15. The van der Waals surface area contributed by atoms with Crippen LogP contribution in [-0.4, -0.2) is 18.1 Å². The summed E-state index contributed by atoms with van der Waals surface area (Å²) in [7, 11) is 0. The van der Waals surface area contributed by atoms with Gasteiger partial charge in [0.2, 0.25) is 0 Å². The van der Waals surface area contributed by atoms with E-state index in [4.69, 9.17) is 5.73 Å². The lowest BCUT2D eigenvalue weighted by Crippen LogP contribution is -2.16. The van der Waals surface area contributed by atoms with Gasteiger partial charge in [0.15, 0.2) is 5.13 Å². The van der Waals surface area contributed by atoms with Crippen molar-refractivity contribution in [3.8, 4) is 0 Å². The molecule has 0 saturated carbocycles. The molecule has 1 aliphatic heterocycles. The van der Waals surface area contributed by atoms with Crippen molar-refractivity contribution in [3.05, 3.63) is 40.9 Å². The first kappa shape index (κ1) is 11.5. The van der Waals surface area contributed by atoms with E-state index in [9.17, 15) is 0 Å². The van der Waals surface area contributed by atoms with E-state index in [0.29, 0.717) is 0 Å². The predicted octanol–water partition coefficient (Wildman–Crippen LogP) is 2.92. The topological polar surface area (TPSA) is 42.1 Å². The standard InChI is InChI=1S/C14H17N3S/c15-12-5-3-4-11(8-12)9-13-10-16-14(18-13)17-6-1-2-7-17/h3-5,8,10H,1-2,6-7,9,15H2. The van der Waals surface area contributed by atoms with Crippen LogP contribution >= 0.6 is 11.3 Å². The lowest BCUT2D eigenvalue weighted by molar-refractivity contribution is 0.949. The van der Waals surface area contributed by atoms with Crippen molar-refractivity contribution in [3.63, 3.8) is 0 Å². The molecule has 1 aliphatic rings. The van der Waals surface area contributed by atoms with E-state index in [1.165, 1.54) is 28.4 Å². The zero-order valence-electron chi connectivity index (χ0n) is 10.3. The molecule has 0 bridgehead atoms. The zero-order valence-corrected chi connectivity index (χ0v) is 11.1. The third-order valence-corrected chi connectivity index (χ3v) is 4.31. The molecular weight excluding hydrogens is 242 g/mol. The summed E-state index contributed by atoms with van der Waals surface area (Å²) in [5, 5.41) is 1.17. The van der Waals surface area contributed by atoms with Crippen LogP contribution in [0.4, 0.5) is 10.8 Å². The number of anilines is 2. The largest absolute Gasteiger partial charge is 0.399 e. The summed E-state index contributed by atoms with van der Waals surface area (Å²) < 4.78 is 0. The Hall–Kier alpha value is -1.55. The highest BCUT2D eigenvalue weighted by atomic mass is 32.1. The average molecular weight is 259 g/mol. The fourth-order valence-electron chi connectivity index (χ4n) is 2.34. The van der Waals surface area contributed by atoms with Crippen molar-refractivity contribution in [1.82, 2.24) is 4.98 Å². The predicted molar refractivity (Wildman–Crippen MR) is 77.2 cm³/mol. The monoisotopic (exact) mass is 259 g/mol. The molecule has 18 heavy (non-hydrogen) atoms. The second kappa shape index (κ2) is 4.98. The minimum atomic E-state index is 0.830. The maximum absolute atomic E-state index is 5.80. The van der Waals surface area contributed by atoms with Crippen molar-refractivity contribution >= 4 is 22.2 Å². The van der Waals surface area contributed by atoms with Crippen LogP contribution in [0.5, 0.6) is 0 Å². The van der Waals surface area contributed by atoms with E-state index in [1.807, 2.05) is 24.4 Å². The maximum Gasteiger partial charge on any atom is 0.185 e. The Labute approximate surface area is 111 Å². The second-order valence-corrected chi connectivity index (χ2v) is 5.82. The van der Waals surface area contributed by atoms with E-state index in [0.717, 1.165) is 25.2 Å². The summed E-state index contributed by atoms with van der Waals surface area (Å²) in [6, 6.07) is 8.08. The third-order valence-electron chi connectivity index (χ3n) is 3.25. The fourth-order valence-corrected chi connectivity index (χ4v) is 3.33. The molecule has 1 saturated heterocycles. The molecule has 0 atom stereocenters. The quantitative estimate of drug-likeness (QED) is 0.862. The molecule has 0 unspecified atom stereocenters. The van der Waals surface area contributed by atoms with Gasteiger partial charge in [-0.25, -0.2) is 4.98 Å². The molecule has 0 aliphatic carbocycles. The molecule has 2 N–H and O–H groups in total. The van der Waals surface area contributed by atoms with Crippen LogP contribution in [-0.2, 0) is 6.42 Å². The first-order chi connectivity index (χ1) is 8.81. The Morgan fingerprint density at radius 1 is 1.28 bits per heavy atom. The highest BCUT2D eigenvalue weighted by Crippen LogP contribution is 2.27. The lowest BCUT2D eigenvalue weighted by atomic mass is 10.1. The molecule has 3 nitrogen and oxygen atoms in total. The van der Waals surface area contributed by atoms with Crippen LogP contribution in [0.3, 0.4) is 0 Å². The van der Waals surface area contributed by atoms with Gasteiger partial charge in [0.05, 0.1) is 0 Å². The van der Waals surface area contributed by atoms with Crippen LogP contribution in [0.2, 0.25) is 0 Å². The van der Waals surface area contributed by atoms with E-state index >= 15 is 0 Å². The normalized spacial score (nSPS) is 15.2. The number of rotatable bonds is 3. The van der Waals surface area contributed by atoms with Crippen LogP contribution in [0.25, 0.3) is 0 Å². The number of aromatic nitrogens is 1. The average Bonchev–Trinajstić information content (AvgIpc) is 2.98. The smallest absolute Gasteiger partial charge is 0.185 e. The van der Waals surface area contributed by atoms with E-state index in [1.54, 1.807) is 11.3 Å². The molecule has 4 heteroatoms. The van der Waals surface area contributed by atoms with Crippen molar-refractivity contribution in [2.45, 2.75) is 19.3 Å². The van der Waals surface area contributed by atoms with Crippen LogP contribution in [0.1, 0.15) is 23.3 Å². The molecule has 94 valence electrons. The van der Waals surface area contributed by atoms with Crippen molar-refractivity contribution in [2.75, 3.05) is 23.7 Å². The van der Waals surface area contributed by atoms with Gasteiger partial charge in [-0.05, 0) is 30.5 Å². The van der Waals surface area contributed by atoms with Gasteiger partial charge in [-0.3, -0.25) is 0 Å². The van der Waals surface area contributed by atoms with E-state index in [2.05, 4.69) is 16.0 Å². The van der Waals surface area contributed by atoms with Crippen molar-refractivity contribution in [1.29, 1.82) is 0 Å². The number of nitrogens with zero attached hydrogens (tertiary/aromatic N) is 2. The van der Waals surface area contributed by atoms with E-state index in [-0.39, 0.29) is 0 Å². The SMILES string of the molecule is Nc1cccc(Cc2cnc(N3CCCC3)s2)c1. The van der Waals surface area contributed by atoms with Crippen LogP contribution < -0.4 is 10.6 Å². The molecule has 2 heterocycles. The number of benzene rings is 1. The molecule has 1 aromatic heterocycles. The van der Waals surface area contributed by atoms with Gasteiger partial charge in [-0.2, -0.15) is 0 Å². The molecule has 1 fully saturated rings. The van der Waals surface area contributed by atoms with Crippen molar-refractivity contribution < 1.29 is 0 Å². The summed E-state index contributed by atoms with van der Waals surface area (Å²) in [5.41, 5.74) is 7.88. The van der Waals surface area contributed by atoms with Crippen molar-refractivity contribution in [2.24, 2.45) is 0 Å². The molecule has 1 aromatic carbocycles. The second-order valence-electron chi connectivity index (χ2n) is 4.73. The summed E-state index contributed by atoms with van der Waals surface area (Å²) >= 11 is 1.80. The van der Waals surface area contributed by atoms with Gasteiger partial charge in [-0.15, -0.1) is 11.3 Å². The number of nitrogens with two attached hydrogens (primary N) is 1. The Morgan fingerprint density at radius 2 is 2.11 bits per heavy atom. The van der Waals surface area contributed by atoms with Gasteiger partial charge < -0.3 is 10.6 Å². The Bertz CT molecular complexity index is 529. The highest BCUT2D eigenvalue weighted by Gasteiger charge is 2.15. The number of hydrogen-bond donors (Lipinski definition) is 1. The molecule has 3 rings (SSSR count). The third kappa shape index (κ3) is 2.48. The first-order valence-corrected chi connectivity index (χ1v) is 7.17. The summed E-state index contributed by atoms with van der Waals surface area (Å²) in [6.45, 7) is 2.32. The van der Waals surface area contributed by atoms with Gasteiger partial charge in [0, 0.05) is 36.3 Å². The Balaban J connectivity index is 1.73. The Kier molecular flexibility index (Phi) is 3.19. The van der Waals surface area contributed by atoms with Crippen LogP contribution in [0, 0.1) is 0 Å². The number of nitrogen functional groups attached to an aromatic ring is 1. The first-order valence-electron chi connectivity index (χ1n) is 6.35. The number of hydrogen-bond acceptors (Lipinski definition) is 4. The zero-order chi connectivity index (χ0) is 12.4. The molecule has 0 spiro atoms. The van der Waals surface area contributed by atoms with Gasteiger partial charge in [-0.1, -0.05) is 12.1 Å². The summed E-state index contributed by atoms with van der Waals surface area (Å²) in [4.78, 5) is 8.22. The Morgan fingerprint density at radius 3 is 2.89 bits per heavy atom. The van der Waals surface area contributed by atoms with Gasteiger partial charge in [0.25, 0.3) is 0 Å². The molecular formula is C14H17N3S. The summed E-state index contributed by atoms with van der Waals surface area (Å²) in [5.74, 6) is 0.